The van der Waals surface area contributed by atoms with Gasteiger partial charge in [0.15, 0.2) is 0 Å². The van der Waals surface area contributed by atoms with Gasteiger partial charge in [-0.05, 0) is 43.0 Å². The molecule has 0 radical (unpaired) electrons. The van der Waals surface area contributed by atoms with E-state index in [1.165, 1.54) is 19.3 Å². The smallest absolute Gasteiger partial charge is 0.119 e. The highest BCUT2D eigenvalue weighted by atomic mass is 16.5. The van der Waals surface area contributed by atoms with Gasteiger partial charge in [-0.3, -0.25) is 0 Å². The molecule has 1 aromatic rings. The fraction of sp³-hybridized carbons (Fsp3) is 0.500. The molecule has 1 aromatic carbocycles. The molecule has 0 atom stereocenters. The number of anilines is 1. The summed E-state index contributed by atoms with van der Waals surface area (Å²) < 4.78 is 5.64. The molecular weight excluding hydrogens is 174 g/mol. The van der Waals surface area contributed by atoms with Crippen molar-refractivity contribution in [2.75, 3.05) is 12.3 Å². The molecular formula is C12H17NO. The van der Waals surface area contributed by atoms with Crippen LogP contribution in [-0.4, -0.2) is 6.61 Å². The molecule has 0 aromatic heterocycles. The van der Waals surface area contributed by atoms with Gasteiger partial charge in [0.05, 0.1) is 6.61 Å². The third-order valence-corrected chi connectivity index (χ3v) is 2.73. The lowest BCUT2D eigenvalue weighted by Gasteiger charge is -2.07. The predicted molar refractivity (Wildman–Crippen MR) is 58.4 cm³/mol. The Bertz CT molecular complexity index is 318. The Balaban J connectivity index is 1.85. The van der Waals surface area contributed by atoms with Crippen molar-refractivity contribution in [3.8, 4) is 5.75 Å². The summed E-state index contributed by atoms with van der Waals surface area (Å²) in [6.45, 7) is 2.84. The Morgan fingerprint density at radius 2 is 2.21 bits per heavy atom. The van der Waals surface area contributed by atoms with E-state index >= 15 is 0 Å². The van der Waals surface area contributed by atoms with Gasteiger partial charge in [0.25, 0.3) is 0 Å². The van der Waals surface area contributed by atoms with Crippen molar-refractivity contribution < 1.29 is 4.74 Å². The van der Waals surface area contributed by atoms with Crippen molar-refractivity contribution in [3.05, 3.63) is 23.8 Å². The lowest BCUT2D eigenvalue weighted by atomic mass is 10.2. The largest absolute Gasteiger partial charge is 0.494 e. The monoisotopic (exact) mass is 191 g/mol. The van der Waals surface area contributed by atoms with E-state index in [2.05, 4.69) is 0 Å². The molecule has 0 spiro atoms. The van der Waals surface area contributed by atoms with Crippen LogP contribution in [-0.2, 0) is 0 Å². The summed E-state index contributed by atoms with van der Waals surface area (Å²) in [6, 6.07) is 5.85. The zero-order valence-electron chi connectivity index (χ0n) is 8.62. The van der Waals surface area contributed by atoms with Gasteiger partial charge in [0, 0.05) is 5.69 Å². The van der Waals surface area contributed by atoms with Crippen LogP contribution < -0.4 is 10.5 Å². The number of aryl methyl sites for hydroxylation is 1. The Labute approximate surface area is 85.1 Å². The summed E-state index contributed by atoms with van der Waals surface area (Å²) in [5.41, 5.74) is 7.64. The molecule has 1 fully saturated rings. The van der Waals surface area contributed by atoms with Crippen molar-refractivity contribution >= 4 is 5.69 Å². The summed E-state index contributed by atoms with van der Waals surface area (Å²) in [5.74, 6) is 1.88. The SMILES string of the molecule is Cc1cc(OCCC2CC2)ccc1N. The zero-order chi connectivity index (χ0) is 9.97. The number of hydrogen-bond donors (Lipinski definition) is 1. The highest BCUT2D eigenvalue weighted by Crippen LogP contribution is 2.32. The molecule has 2 rings (SSSR count). The van der Waals surface area contributed by atoms with Gasteiger partial charge in [0.2, 0.25) is 0 Å². The predicted octanol–water partition coefficient (Wildman–Crippen LogP) is 2.76. The third kappa shape index (κ3) is 2.41. The van der Waals surface area contributed by atoms with Crippen LogP contribution in [0, 0.1) is 12.8 Å². The molecule has 0 heterocycles. The number of nitrogens with two attached hydrogens (primary N) is 1. The van der Waals surface area contributed by atoms with Gasteiger partial charge < -0.3 is 10.5 Å². The molecule has 1 aliphatic rings. The molecule has 76 valence electrons. The molecule has 1 saturated carbocycles. The second kappa shape index (κ2) is 3.91. The first-order chi connectivity index (χ1) is 6.75. The van der Waals surface area contributed by atoms with Gasteiger partial charge in [-0.1, -0.05) is 12.8 Å². The van der Waals surface area contributed by atoms with Crippen LogP contribution >= 0.6 is 0 Å². The lowest BCUT2D eigenvalue weighted by molar-refractivity contribution is 0.302. The van der Waals surface area contributed by atoms with Gasteiger partial charge in [-0.25, -0.2) is 0 Å². The van der Waals surface area contributed by atoms with Crippen molar-refractivity contribution in [1.82, 2.24) is 0 Å². The summed E-state index contributed by atoms with van der Waals surface area (Å²) in [6.07, 6.45) is 3.98. The van der Waals surface area contributed by atoms with Crippen LogP contribution in [0.5, 0.6) is 5.75 Å². The molecule has 2 N–H and O–H groups in total. The minimum Gasteiger partial charge on any atom is -0.494 e. The summed E-state index contributed by atoms with van der Waals surface area (Å²) >= 11 is 0. The van der Waals surface area contributed by atoms with E-state index in [0.29, 0.717) is 0 Å². The Morgan fingerprint density at radius 1 is 1.43 bits per heavy atom. The highest BCUT2D eigenvalue weighted by molar-refractivity contribution is 5.49. The third-order valence-electron chi connectivity index (χ3n) is 2.73. The first kappa shape index (κ1) is 9.38. The average Bonchev–Trinajstić information content (AvgIpc) is 2.95. The Morgan fingerprint density at radius 3 is 2.86 bits per heavy atom. The van der Waals surface area contributed by atoms with E-state index in [1.807, 2.05) is 25.1 Å². The first-order valence-electron chi connectivity index (χ1n) is 5.24. The van der Waals surface area contributed by atoms with Crippen LogP contribution in [0.4, 0.5) is 5.69 Å². The van der Waals surface area contributed by atoms with Gasteiger partial charge >= 0.3 is 0 Å². The Hall–Kier alpha value is -1.18. The second-order valence-electron chi connectivity index (χ2n) is 4.10. The molecule has 1 aliphatic carbocycles. The van der Waals surface area contributed by atoms with E-state index < -0.39 is 0 Å². The molecule has 0 bridgehead atoms. The molecule has 0 amide bonds. The summed E-state index contributed by atoms with van der Waals surface area (Å²) in [4.78, 5) is 0. The molecule has 0 saturated heterocycles. The quantitative estimate of drug-likeness (QED) is 0.743. The number of hydrogen-bond acceptors (Lipinski definition) is 2. The maximum absolute atomic E-state index is 5.72. The molecule has 0 unspecified atom stereocenters. The fourth-order valence-corrected chi connectivity index (χ4v) is 1.49. The van der Waals surface area contributed by atoms with Crippen LogP contribution in [0.3, 0.4) is 0 Å². The normalized spacial score (nSPS) is 15.5. The summed E-state index contributed by atoms with van der Waals surface area (Å²) in [7, 11) is 0. The maximum atomic E-state index is 5.72. The summed E-state index contributed by atoms with van der Waals surface area (Å²) in [5, 5.41) is 0. The van der Waals surface area contributed by atoms with Gasteiger partial charge in [-0.2, -0.15) is 0 Å². The average molecular weight is 191 g/mol. The molecule has 0 aliphatic heterocycles. The van der Waals surface area contributed by atoms with Gasteiger partial charge in [-0.15, -0.1) is 0 Å². The zero-order valence-corrected chi connectivity index (χ0v) is 8.62. The topological polar surface area (TPSA) is 35.2 Å². The number of ether oxygens (including phenoxy) is 1. The molecule has 2 heteroatoms. The standard InChI is InChI=1S/C12H17NO/c1-9-8-11(4-5-12(9)13)14-7-6-10-2-3-10/h4-5,8,10H,2-3,6-7,13H2,1H3. The maximum Gasteiger partial charge on any atom is 0.119 e. The number of rotatable bonds is 4. The molecule has 14 heavy (non-hydrogen) atoms. The van der Waals surface area contributed by atoms with Gasteiger partial charge in [0.1, 0.15) is 5.75 Å². The van der Waals surface area contributed by atoms with E-state index in [1.54, 1.807) is 0 Å². The lowest BCUT2D eigenvalue weighted by Crippen LogP contribution is -1.99. The minimum absolute atomic E-state index is 0.833. The van der Waals surface area contributed by atoms with Crippen LogP contribution in [0.2, 0.25) is 0 Å². The van der Waals surface area contributed by atoms with E-state index in [0.717, 1.165) is 29.5 Å². The first-order valence-corrected chi connectivity index (χ1v) is 5.24. The Kier molecular flexibility index (Phi) is 2.62. The molecule has 2 nitrogen and oxygen atoms in total. The fourth-order valence-electron chi connectivity index (χ4n) is 1.49. The second-order valence-corrected chi connectivity index (χ2v) is 4.10. The van der Waals surface area contributed by atoms with Crippen molar-refractivity contribution in [2.24, 2.45) is 5.92 Å². The minimum atomic E-state index is 0.833. The van der Waals surface area contributed by atoms with E-state index in [4.69, 9.17) is 10.5 Å². The van der Waals surface area contributed by atoms with E-state index in [-0.39, 0.29) is 0 Å². The highest BCUT2D eigenvalue weighted by Gasteiger charge is 2.20. The van der Waals surface area contributed by atoms with Crippen molar-refractivity contribution in [1.29, 1.82) is 0 Å². The number of nitrogen functional groups attached to an aromatic ring is 1. The van der Waals surface area contributed by atoms with Crippen molar-refractivity contribution in [3.63, 3.8) is 0 Å². The van der Waals surface area contributed by atoms with Crippen LogP contribution in [0.1, 0.15) is 24.8 Å². The van der Waals surface area contributed by atoms with Crippen LogP contribution in [0.25, 0.3) is 0 Å². The van der Waals surface area contributed by atoms with E-state index in [9.17, 15) is 0 Å². The van der Waals surface area contributed by atoms with Crippen molar-refractivity contribution in [2.45, 2.75) is 26.2 Å². The number of benzene rings is 1. The van der Waals surface area contributed by atoms with Crippen LogP contribution in [0.15, 0.2) is 18.2 Å².